The highest BCUT2D eigenvalue weighted by molar-refractivity contribution is 5.35. The highest BCUT2D eigenvalue weighted by Gasteiger charge is 2.01. The predicted molar refractivity (Wildman–Crippen MR) is 96.4 cm³/mol. The number of nitrogens with two attached hydrogens (primary N) is 1. The van der Waals surface area contributed by atoms with Crippen molar-refractivity contribution in [3.63, 3.8) is 0 Å². The van der Waals surface area contributed by atoms with E-state index >= 15 is 0 Å². The molecule has 0 atom stereocenters. The van der Waals surface area contributed by atoms with Crippen LogP contribution in [0.3, 0.4) is 0 Å². The normalized spacial score (nSPS) is 11.0. The largest absolute Gasteiger partial charge is 0.508 e. The molecule has 2 heteroatoms. The fraction of sp³-hybridized carbons (Fsp3) is 0.700. The zero-order chi connectivity index (χ0) is 16.0. The van der Waals surface area contributed by atoms with Gasteiger partial charge in [-0.05, 0) is 44.4 Å². The first kappa shape index (κ1) is 19.0. The second-order valence-corrected chi connectivity index (χ2v) is 6.56. The van der Waals surface area contributed by atoms with Crippen molar-refractivity contribution in [2.75, 3.05) is 6.54 Å². The monoisotopic (exact) mass is 305 g/mol. The second kappa shape index (κ2) is 12.5. The van der Waals surface area contributed by atoms with Crippen LogP contribution in [0.25, 0.3) is 0 Å². The molecule has 0 aliphatic rings. The fourth-order valence-electron chi connectivity index (χ4n) is 2.97. The van der Waals surface area contributed by atoms with E-state index in [-0.39, 0.29) is 0 Å². The van der Waals surface area contributed by atoms with Crippen LogP contribution in [0.2, 0.25) is 0 Å². The summed E-state index contributed by atoms with van der Waals surface area (Å²) >= 11 is 0. The number of aromatic hydroxyl groups is 1. The lowest BCUT2D eigenvalue weighted by Gasteiger charge is -2.06. The van der Waals surface area contributed by atoms with E-state index in [1.165, 1.54) is 76.2 Å². The van der Waals surface area contributed by atoms with Crippen molar-refractivity contribution in [1.29, 1.82) is 0 Å². The van der Waals surface area contributed by atoms with Crippen LogP contribution in [0.1, 0.15) is 81.8 Å². The van der Waals surface area contributed by atoms with Gasteiger partial charge in [0.15, 0.2) is 0 Å². The maximum atomic E-state index is 9.81. The van der Waals surface area contributed by atoms with E-state index in [4.69, 9.17) is 5.73 Å². The Hall–Kier alpha value is -1.02. The third kappa shape index (κ3) is 9.09. The molecule has 0 aliphatic carbocycles. The molecule has 0 heterocycles. The summed E-state index contributed by atoms with van der Waals surface area (Å²) < 4.78 is 0. The Bertz CT molecular complexity index is 389. The molecule has 126 valence electrons. The lowest BCUT2D eigenvalue weighted by atomic mass is 10.0. The number of phenolic OH excluding ortho intramolecular Hbond substituents is 1. The van der Waals surface area contributed by atoms with Gasteiger partial charge >= 0.3 is 0 Å². The van der Waals surface area contributed by atoms with Crippen LogP contribution in [0.15, 0.2) is 18.2 Å². The van der Waals surface area contributed by atoms with E-state index in [0.717, 1.165) is 18.5 Å². The molecule has 1 aromatic carbocycles. The molecule has 0 amide bonds. The Kier molecular flexibility index (Phi) is 10.8. The van der Waals surface area contributed by atoms with Crippen LogP contribution in [0, 0.1) is 6.92 Å². The first-order chi connectivity index (χ1) is 10.7. The lowest BCUT2D eigenvalue weighted by molar-refractivity contribution is 0.465. The van der Waals surface area contributed by atoms with E-state index in [1.807, 2.05) is 12.1 Å². The van der Waals surface area contributed by atoms with Crippen molar-refractivity contribution < 1.29 is 5.11 Å². The Morgan fingerprint density at radius 1 is 0.773 bits per heavy atom. The summed E-state index contributed by atoms with van der Waals surface area (Å²) in [6.07, 6.45) is 15.6. The third-order valence-electron chi connectivity index (χ3n) is 4.39. The maximum Gasteiger partial charge on any atom is 0.118 e. The van der Waals surface area contributed by atoms with Crippen molar-refractivity contribution in [1.82, 2.24) is 0 Å². The molecule has 0 fully saturated rings. The molecule has 0 aliphatic heterocycles. The SMILES string of the molecule is Cc1ccc(O)c(CCCCCCCCCCCCCN)c1. The number of aryl methyl sites for hydroxylation is 2. The molecule has 22 heavy (non-hydrogen) atoms. The molecule has 0 saturated carbocycles. The van der Waals surface area contributed by atoms with Gasteiger partial charge < -0.3 is 10.8 Å². The topological polar surface area (TPSA) is 46.2 Å². The number of benzene rings is 1. The van der Waals surface area contributed by atoms with Gasteiger partial charge in [-0.25, -0.2) is 0 Å². The Morgan fingerprint density at radius 2 is 1.27 bits per heavy atom. The number of hydrogen-bond acceptors (Lipinski definition) is 2. The van der Waals surface area contributed by atoms with Gasteiger partial charge in [0, 0.05) is 0 Å². The number of hydrogen-bond donors (Lipinski definition) is 2. The minimum Gasteiger partial charge on any atom is -0.508 e. The van der Waals surface area contributed by atoms with Crippen LogP contribution in [0.4, 0.5) is 0 Å². The van der Waals surface area contributed by atoms with Gasteiger partial charge in [-0.15, -0.1) is 0 Å². The van der Waals surface area contributed by atoms with Gasteiger partial charge in [-0.1, -0.05) is 75.5 Å². The molecule has 0 spiro atoms. The molecule has 1 aromatic rings. The standard InChI is InChI=1S/C20H35NO/c1-18-14-15-20(22)19(17-18)13-11-9-7-5-3-2-4-6-8-10-12-16-21/h14-15,17,22H,2-13,16,21H2,1H3. The fourth-order valence-corrected chi connectivity index (χ4v) is 2.97. The van der Waals surface area contributed by atoms with Crippen LogP contribution in [0.5, 0.6) is 5.75 Å². The molecule has 0 bridgehead atoms. The van der Waals surface area contributed by atoms with Crippen molar-refractivity contribution in [3.05, 3.63) is 29.3 Å². The molecule has 0 unspecified atom stereocenters. The van der Waals surface area contributed by atoms with Gasteiger partial charge in [0.2, 0.25) is 0 Å². The number of rotatable bonds is 13. The summed E-state index contributed by atoms with van der Waals surface area (Å²) in [7, 11) is 0. The van der Waals surface area contributed by atoms with E-state index in [1.54, 1.807) is 0 Å². The molecular weight excluding hydrogens is 270 g/mol. The average Bonchev–Trinajstić information content (AvgIpc) is 2.51. The van der Waals surface area contributed by atoms with E-state index in [9.17, 15) is 5.11 Å². The quantitative estimate of drug-likeness (QED) is 0.473. The van der Waals surface area contributed by atoms with Crippen LogP contribution < -0.4 is 5.73 Å². The summed E-state index contributed by atoms with van der Waals surface area (Å²) in [6, 6.07) is 5.90. The maximum absolute atomic E-state index is 9.81. The van der Waals surface area contributed by atoms with Crippen LogP contribution >= 0.6 is 0 Å². The Labute approximate surface area is 137 Å². The highest BCUT2D eigenvalue weighted by Crippen LogP contribution is 2.21. The molecule has 0 saturated heterocycles. The summed E-state index contributed by atoms with van der Waals surface area (Å²) in [4.78, 5) is 0. The predicted octanol–water partition coefficient (Wildman–Crippen LogP) is 5.49. The lowest BCUT2D eigenvalue weighted by Crippen LogP contribution is -1.97. The average molecular weight is 306 g/mol. The van der Waals surface area contributed by atoms with E-state index < -0.39 is 0 Å². The minimum atomic E-state index is 0.459. The van der Waals surface area contributed by atoms with Crippen molar-refractivity contribution in [2.45, 2.75) is 84.0 Å². The first-order valence-electron chi connectivity index (χ1n) is 9.22. The third-order valence-corrected chi connectivity index (χ3v) is 4.39. The number of phenols is 1. The van der Waals surface area contributed by atoms with Gasteiger partial charge in [0.25, 0.3) is 0 Å². The Balaban J connectivity index is 1.90. The minimum absolute atomic E-state index is 0.459. The highest BCUT2D eigenvalue weighted by atomic mass is 16.3. The van der Waals surface area contributed by atoms with Gasteiger partial charge in [-0.3, -0.25) is 0 Å². The Morgan fingerprint density at radius 3 is 1.82 bits per heavy atom. The molecular formula is C20H35NO. The van der Waals surface area contributed by atoms with Crippen LogP contribution in [-0.4, -0.2) is 11.7 Å². The smallest absolute Gasteiger partial charge is 0.118 e. The van der Waals surface area contributed by atoms with E-state index in [2.05, 4.69) is 13.0 Å². The summed E-state index contributed by atoms with van der Waals surface area (Å²) in [5, 5.41) is 9.81. The van der Waals surface area contributed by atoms with Crippen molar-refractivity contribution in [2.24, 2.45) is 5.73 Å². The molecule has 0 radical (unpaired) electrons. The van der Waals surface area contributed by atoms with E-state index in [0.29, 0.717) is 5.75 Å². The second-order valence-electron chi connectivity index (χ2n) is 6.56. The van der Waals surface area contributed by atoms with Crippen molar-refractivity contribution >= 4 is 0 Å². The van der Waals surface area contributed by atoms with Gasteiger partial charge in [0.1, 0.15) is 5.75 Å². The molecule has 2 nitrogen and oxygen atoms in total. The van der Waals surface area contributed by atoms with Gasteiger partial charge in [0.05, 0.1) is 0 Å². The summed E-state index contributed by atoms with van der Waals surface area (Å²) in [6.45, 7) is 2.93. The molecule has 3 N–H and O–H groups in total. The molecule has 0 aromatic heterocycles. The first-order valence-corrected chi connectivity index (χ1v) is 9.22. The van der Waals surface area contributed by atoms with Gasteiger partial charge in [-0.2, -0.15) is 0 Å². The number of unbranched alkanes of at least 4 members (excludes halogenated alkanes) is 10. The van der Waals surface area contributed by atoms with Crippen LogP contribution in [-0.2, 0) is 6.42 Å². The zero-order valence-electron chi connectivity index (χ0n) is 14.4. The molecule has 1 rings (SSSR count). The summed E-state index contributed by atoms with van der Waals surface area (Å²) in [5.41, 5.74) is 7.83. The summed E-state index contributed by atoms with van der Waals surface area (Å²) in [5.74, 6) is 0.459. The zero-order valence-corrected chi connectivity index (χ0v) is 14.4. The van der Waals surface area contributed by atoms with Crippen molar-refractivity contribution in [3.8, 4) is 5.75 Å².